The second-order valence-electron chi connectivity index (χ2n) is 4.52. The standard InChI is InChI=1S/C14H19BrClNO/c1-4-17(10(2)3)8-7-14(18)12-6-5-11(15)9-13(12)16/h5-6,9-10H,4,7-8H2,1-3H3. The Balaban J connectivity index is 2.65. The van der Waals surface area contributed by atoms with Crippen molar-refractivity contribution in [1.29, 1.82) is 0 Å². The lowest BCUT2D eigenvalue weighted by molar-refractivity contribution is 0.0958. The van der Waals surface area contributed by atoms with Gasteiger partial charge in [0.25, 0.3) is 0 Å². The second-order valence-corrected chi connectivity index (χ2v) is 5.84. The molecule has 0 bridgehead atoms. The molecule has 4 heteroatoms. The van der Waals surface area contributed by atoms with E-state index in [9.17, 15) is 4.79 Å². The number of hydrogen-bond donors (Lipinski definition) is 0. The number of hydrogen-bond acceptors (Lipinski definition) is 2. The van der Waals surface area contributed by atoms with Crippen molar-refractivity contribution in [3.63, 3.8) is 0 Å². The van der Waals surface area contributed by atoms with Crippen molar-refractivity contribution >= 4 is 33.3 Å². The average Bonchev–Trinajstić information content (AvgIpc) is 2.28. The predicted octanol–water partition coefficient (Wildman–Crippen LogP) is 4.41. The number of halogens is 2. The predicted molar refractivity (Wildman–Crippen MR) is 80.5 cm³/mol. The Bertz CT molecular complexity index is 420. The van der Waals surface area contributed by atoms with Gasteiger partial charge in [0.15, 0.2) is 5.78 Å². The number of Topliss-reactive ketones (excluding diaryl/α,β-unsaturated/α-hetero) is 1. The Hall–Kier alpha value is -0.380. The summed E-state index contributed by atoms with van der Waals surface area (Å²) in [6, 6.07) is 5.84. The molecule has 0 saturated heterocycles. The smallest absolute Gasteiger partial charge is 0.165 e. The number of rotatable bonds is 6. The monoisotopic (exact) mass is 331 g/mol. The first-order chi connectivity index (χ1) is 8.45. The minimum atomic E-state index is 0.103. The van der Waals surface area contributed by atoms with E-state index in [0.29, 0.717) is 23.0 Å². The number of benzene rings is 1. The summed E-state index contributed by atoms with van der Waals surface area (Å²) < 4.78 is 0.890. The number of carbonyl (C=O) groups excluding carboxylic acids is 1. The number of carbonyl (C=O) groups is 1. The quantitative estimate of drug-likeness (QED) is 0.719. The van der Waals surface area contributed by atoms with Crippen molar-refractivity contribution in [3.05, 3.63) is 33.3 Å². The first-order valence-electron chi connectivity index (χ1n) is 6.18. The molecule has 0 unspecified atom stereocenters. The van der Waals surface area contributed by atoms with Gasteiger partial charge in [0.05, 0.1) is 5.02 Å². The summed E-state index contributed by atoms with van der Waals surface area (Å²) in [6.45, 7) is 8.12. The van der Waals surface area contributed by atoms with Gasteiger partial charge in [-0.05, 0) is 38.6 Å². The highest BCUT2D eigenvalue weighted by atomic mass is 79.9. The third-order valence-corrected chi connectivity index (χ3v) is 3.80. The highest BCUT2D eigenvalue weighted by Gasteiger charge is 2.13. The molecule has 1 aromatic carbocycles. The molecule has 0 heterocycles. The van der Waals surface area contributed by atoms with E-state index in [2.05, 4.69) is 41.6 Å². The Morgan fingerprint density at radius 2 is 2.11 bits per heavy atom. The van der Waals surface area contributed by atoms with Crippen molar-refractivity contribution in [2.75, 3.05) is 13.1 Å². The molecule has 0 N–H and O–H groups in total. The second kappa shape index (κ2) is 7.27. The zero-order valence-electron chi connectivity index (χ0n) is 11.0. The third-order valence-electron chi connectivity index (χ3n) is 2.99. The first-order valence-corrected chi connectivity index (χ1v) is 7.35. The summed E-state index contributed by atoms with van der Waals surface area (Å²) in [5, 5.41) is 0.516. The molecule has 1 rings (SSSR count). The fraction of sp³-hybridized carbons (Fsp3) is 0.500. The van der Waals surface area contributed by atoms with Gasteiger partial charge in [0.1, 0.15) is 0 Å². The lowest BCUT2D eigenvalue weighted by atomic mass is 10.1. The van der Waals surface area contributed by atoms with Gasteiger partial charge in [0, 0.05) is 29.0 Å². The molecule has 0 amide bonds. The first kappa shape index (κ1) is 15.7. The molecule has 100 valence electrons. The Kier molecular flexibility index (Phi) is 6.33. The topological polar surface area (TPSA) is 20.3 Å². The average molecular weight is 333 g/mol. The van der Waals surface area contributed by atoms with Crippen LogP contribution in [-0.4, -0.2) is 29.8 Å². The lowest BCUT2D eigenvalue weighted by Crippen LogP contribution is -2.32. The van der Waals surface area contributed by atoms with Crippen LogP contribution in [0.15, 0.2) is 22.7 Å². The molecule has 0 atom stereocenters. The normalized spacial score (nSPS) is 11.3. The van der Waals surface area contributed by atoms with E-state index < -0.39 is 0 Å². The number of ketones is 1. The molecule has 0 saturated carbocycles. The molecule has 0 aromatic heterocycles. The summed E-state index contributed by atoms with van der Waals surface area (Å²) in [6.07, 6.45) is 0.507. The van der Waals surface area contributed by atoms with E-state index in [0.717, 1.165) is 17.6 Å². The maximum atomic E-state index is 12.1. The minimum Gasteiger partial charge on any atom is -0.301 e. The summed E-state index contributed by atoms with van der Waals surface area (Å²) in [7, 11) is 0. The highest BCUT2D eigenvalue weighted by Crippen LogP contribution is 2.22. The van der Waals surface area contributed by atoms with Gasteiger partial charge in [-0.25, -0.2) is 0 Å². The molecule has 0 fully saturated rings. The molecule has 1 aromatic rings. The van der Waals surface area contributed by atoms with Gasteiger partial charge >= 0.3 is 0 Å². The molecule has 0 aliphatic carbocycles. The Morgan fingerprint density at radius 3 is 2.61 bits per heavy atom. The lowest BCUT2D eigenvalue weighted by Gasteiger charge is -2.24. The maximum Gasteiger partial charge on any atom is 0.165 e. The zero-order chi connectivity index (χ0) is 13.7. The maximum absolute atomic E-state index is 12.1. The van der Waals surface area contributed by atoms with Crippen molar-refractivity contribution in [2.45, 2.75) is 33.2 Å². The summed E-state index contributed by atoms with van der Waals surface area (Å²) in [5.74, 6) is 0.103. The number of nitrogens with zero attached hydrogens (tertiary/aromatic N) is 1. The van der Waals surface area contributed by atoms with Crippen LogP contribution in [0.5, 0.6) is 0 Å². The van der Waals surface area contributed by atoms with Crippen LogP contribution in [0, 0.1) is 0 Å². The van der Waals surface area contributed by atoms with Crippen molar-refractivity contribution in [3.8, 4) is 0 Å². The van der Waals surface area contributed by atoms with E-state index >= 15 is 0 Å². The summed E-state index contributed by atoms with van der Waals surface area (Å²) >= 11 is 9.41. The van der Waals surface area contributed by atoms with Gasteiger partial charge < -0.3 is 4.90 Å². The van der Waals surface area contributed by atoms with E-state index in [1.54, 1.807) is 12.1 Å². The van der Waals surface area contributed by atoms with Gasteiger partial charge in [-0.15, -0.1) is 0 Å². The van der Waals surface area contributed by atoms with E-state index in [1.165, 1.54) is 0 Å². The van der Waals surface area contributed by atoms with Crippen LogP contribution in [-0.2, 0) is 0 Å². The van der Waals surface area contributed by atoms with Gasteiger partial charge in [-0.2, -0.15) is 0 Å². The summed E-state index contributed by atoms with van der Waals surface area (Å²) in [5.41, 5.74) is 0.611. The molecule has 18 heavy (non-hydrogen) atoms. The molecule has 2 nitrogen and oxygen atoms in total. The van der Waals surface area contributed by atoms with Crippen molar-refractivity contribution in [1.82, 2.24) is 4.90 Å². The molecular formula is C14H19BrClNO. The van der Waals surface area contributed by atoms with Crippen LogP contribution in [0.2, 0.25) is 5.02 Å². The van der Waals surface area contributed by atoms with Crippen LogP contribution < -0.4 is 0 Å². The van der Waals surface area contributed by atoms with Gasteiger partial charge in [0.2, 0.25) is 0 Å². The molecule has 0 radical (unpaired) electrons. The fourth-order valence-corrected chi connectivity index (χ4v) is 2.66. The van der Waals surface area contributed by atoms with E-state index in [1.807, 2.05) is 6.07 Å². The highest BCUT2D eigenvalue weighted by molar-refractivity contribution is 9.10. The third kappa shape index (κ3) is 4.38. The van der Waals surface area contributed by atoms with E-state index in [4.69, 9.17) is 11.6 Å². The molecule has 0 spiro atoms. The fourth-order valence-electron chi connectivity index (χ4n) is 1.88. The molecule has 0 aliphatic heterocycles. The van der Waals surface area contributed by atoms with Crippen molar-refractivity contribution < 1.29 is 4.79 Å². The molecular weight excluding hydrogens is 314 g/mol. The Labute approximate surface area is 122 Å². The van der Waals surface area contributed by atoms with Crippen LogP contribution in [0.4, 0.5) is 0 Å². The largest absolute Gasteiger partial charge is 0.301 e. The molecule has 0 aliphatic rings. The zero-order valence-corrected chi connectivity index (χ0v) is 13.4. The minimum absolute atomic E-state index is 0.103. The van der Waals surface area contributed by atoms with Gasteiger partial charge in [-0.1, -0.05) is 34.5 Å². The van der Waals surface area contributed by atoms with Gasteiger partial charge in [-0.3, -0.25) is 4.79 Å². The Morgan fingerprint density at radius 1 is 1.44 bits per heavy atom. The van der Waals surface area contributed by atoms with Crippen molar-refractivity contribution in [2.24, 2.45) is 0 Å². The van der Waals surface area contributed by atoms with Crippen LogP contribution in [0.25, 0.3) is 0 Å². The van der Waals surface area contributed by atoms with Crippen LogP contribution >= 0.6 is 27.5 Å². The van der Waals surface area contributed by atoms with Crippen LogP contribution in [0.1, 0.15) is 37.6 Å². The SMILES string of the molecule is CCN(CCC(=O)c1ccc(Br)cc1Cl)C(C)C. The van der Waals surface area contributed by atoms with Crippen LogP contribution in [0.3, 0.4) is 0 Å². The summed E-state index contributed by atoms with van der Waals surface area (Å²) in [4.78, 5) is 14.4. The van der Waals surface area contributed by atoms with E-state index in [-0.39, 0.29) is 5.78 Å².